The molecule has 1 fully saturated rings. The van der Waals surface area contributed by atoms with E-state index in [1.165, 1.54) is 0 Å². The van der Waals surface area contributed by atoms with Crippen LogP contribution in [0.2, 0.25) is 0 Å². The van der Waals surface area contributed by atoms with Crippen molar-refractivity contribution in [3.8, 4) is 5.88 Å². The lowest BCUT2D eigenvalue weighted by Crippen LogP contribution is -2.30. The topological polar surface area (TPSA) is 140 Å². The number of imide groups is 1. The molecule has 246 valence electrons. The zero-order chi connectivity index (χ0) is 34.6. The van der Waals surface area contributed by atoms with Crippen molar-refractivity contribution in [2.75, 3.05) is 4.90 Å². The van der Waals surface area contributed by atoms with Crippen molar-refractivity contribution in [2.24, 2.45) is 4.99 Å². The highest BCUT2D eigenvalue weighted by Crippen LogP contribution is 2.32. The van der Waals surface area contributed by atoms with E-state index in [1.54, 1.807) is 54.9 Å². The highest BCUT2D eigenvalue weighted by atomic mass is 16.3. The number of carbonyl (C=O) groups excluding carboxylic acids is 3. The van der Waals surface area contributed by atoms with Gasteiger partial charge in [-0.1, -0.05) is 78.9 Å². The van der Waals surface area contributed by atoms with Gasteiger partial charge in [-0.05, 0) is 66.1 Å². The summed E-state index contributed by atoms with van der Waals surface area (Å²) < 4.78 is 0. The summed E-state index contributed by atoms with van der Waals surface area (Å²) in [5.41, 5.74) is 6.09. The van der Waals surface area contributed by atoms with Gasteiger partial charge in [0, 0.05) is 34.4 Å². The van der Waals surface area contributed by atoms with Crippen LogP contribution < -0.4 is 15.5 Å². The van der Waals surface area contributed by atoms with Gasteiger partial charge in [-0.3, -0.25) is 19.6 Å². The van der Waals surface area contributed by atoms with Crippen LogP contribution in [0.1, 0.15) is 51.1 Å². The van der Waals surface area contributed by atoms with Gasteiger partial charge in [0.1, 0.15) is 5.70 Å². The number of pyridine rings is 1. The van der Waals surface area contributed by atoms with E-state index in [4.69, 9.17) is 4.99 Å². The van der Waals surface area contributed by atoms with Crippen molar-refractivity contribution in [1.29, 1.82) is 0 Å². The van der Waals surface area contributed by atoms with E-state index in [2.05, 4.69) is 20.6 Å². The van der Waals surface area contributed by atoms with Crippen LogP contribution in [0, 0.1) is 0 Å². The largest absolute Gasteiger partial charge is 0.494 e. The number of benzene rings is 4. The summed E-state index contributed by atoms with van der Waals surface area (Å²) >= 11 is 0. The minimum atomic E-state index is -0.534. The number of urea groups is 1. The molecule has 4 aromatic carbocycles. The number of H-pyrrole nitrogens is 1. The first kappa shape index (κ1) is 31.8. The van der Waals surface area contributed by atoms with E-state index in [0.29, 0.717) is 33.4 Å². The Hall–Kier alpha value is -6.81. The number of fused-ring (bicyclic) bond motifs is 1. The van der Waals surface area contributed by atoms with E-state index >= 15 is 0 Å². The molecule has 0 saturated carbocycles. The lowest BCUT2D eigenvalue weighted by Gasteiger charge is -2.14. The quantitative estimate of drug-likeness (QED) is 0.0760. The fourth-order valence-electron chi connectivity index (χ4n) is 5.90. The zero-order valence-corrected chi connectivity index (χ0v) is 27.0. The standard InChI is InChI=1S/C40H32N6O4/c1-25(28-8-4-2-5-9-28)43-37(47)30-14-17-32-33(23-30)44-38(48)35(32)36(29-10-6-3-7-11-29)42-24-27-12-15-31(16-13-27)46-39(49)34(45-40(46)50)22-26-18-20-41-21-19-26/h2-23,25,44,48H,24H2,1H3,(H,43,47)(H,45,50)/b34-22-,42-36?/t25-/m1/s1. The number of rotatable bonds is 9. The molecule has 0 aliphatic carbocycles. The maximum Gasteiger partial charge on any atom is 0.333 e. The third-order valence-electron chi connectivity index (χ3n) is 8.48. The van der Waals surface area contributed by atoms with Crippen LogP contribution in [0.4, 0.5) is 10.5 Å². The summed E-state index contributed by atoms with van der Waals surface area (Å²) in [7, 11) is 0. The van der Waals surface area contributed by atoms with Gasteiger partial charge in [0.25, 0.3) is 11.8 Å². The normalized spacial score (nSPS) is 14.6. The fourth-order valence-corrected chi connectivity index (χ4v) is 5.90. The summed E-state index contributed by atoms with van der Waals surface area (Å²) in [6.45, 7) is 2.18. The molecule has 10 nitrogen and oxygen atoms in total. The monoisotopic (exact) mass is 660 g/mol. The van der Waals surface area contributed by atoms with Gasteiger partial charge in [0.15, 0.2) is 5.88 Å². The first-order chi connectivity index (χ1) is 24.4. The molecule has 50 heavy (non-hydrogen) atoms. The second-order valence-electron chi connectivity index (χ2n) is 11.8. The molecule has 4 N–H and O–H groups in total. The number of aromatic hydroxyl groups is 1. The van der Waals surface area contributed by atoms with Crippen LogP contribution in [0.3, 0.4) is 0 Å². The third-order valence-corrected chi connectivity index (χ3v) is 8.48. The molecule has 2 aromatic heterocycles. The summed E-state index contributed by atoms with van der Waals surface area (Å²) in [6, 6.07) is 34.3. The number of carbonyl (C=O) groups is 3. The number of nitrogens with one attached hydrogen (secondary N) is 3. The molecule has 1 aliphatic rings. The molecule has 6 aromatic rings. The molecule has 0 spiro atoms. The van der Waals surface area contributed by atoms with Gasteiger partial charge in [-0.15, -0.1) is 0 Å². The SMILES string of the molecule is C[C@@H](NC(=O)c1ccc2c(C(=NCc3ccc(N4C(=O)N/C(=C\c5ccncc5)C4=O)cc3)c3ccccc3)c(O)[nH]c2c1)c1ccccc1. The van der Waals surface area contributed by atoms with Crippen molar-refractivity contribution in [3.63, 3.8) is 0 Å². The Balaban J connectivity index is 1.14. The number of aromatic nitrogens is 2. The maximum atomic E-state index is 13.2. The highest BCUT2D eigenvalue weighted by molar-refractivity contribution is 6.28. The molecule has 1 saturated heterocycles. The molecule has 3 heterocycles. The van der Waals surface area contributed by atoms with Crippen LogP contribution in [-0.2, 0) is 11.3 Å². The van der Waals surface area contributed by atoms with Crippen molar-refractivity contribution in [3.05, 3.63) is 167 Å². The minimum absolute atomic E-state index is 0.0673. The molecular formula is C40H32N6O4. The Morgan fingerprint density at radius 3 is 2.32 bits per heavy atom. The average Bonchev–Trinajstić information content (AvgIpc) is 3.62. The summed E-state index contributed by atoms with van der Waals surface area (Å²) in [6.07, 6.45) is 4.83. The lowest BCUT2D eigenvalue weighted by atomic mass is 10.00. The van der Waals surface area contributed by atoms with E-state index in [1.807, 2.05) is 85.8 Å². The minimum Gasteiger partial charge on any atom is -0.494 e. The van der Waals surface area contributed by atoms with Crippen molar-refractivity contribution in [1.82, 2.24) is 20.6 Å². The molecule has 4 amide bonds. The van der Waals surface area contributed by atoms with Crippen LogP contribution in [0.5, 0.6) is 5.88 Å². The molecule has 1 atom stereocenters. The molecule has 0 unspecified atom stereocenters. The van der Waals surface area contributed by atoms with Crippen LogP contribution in [0.15, 0.2) is 138 Å². The highest BCUT2D eigenvalue weighted by Gasteiger charge is 2.34. The number of amides is 4. The van der Waals surface area contributed by atoms with E-state index in [-0.39, 0.29) is 30.1 Å². The number of aliphatic imine (C=N–C) groups is 1. The molecule has 7 rings (SSSR count). The number of aromatic amines is 1. The zero-order valence-electron chi connectivity index (χ0n) is 27.0. The van der Waals surface area contributed by atoms with Crippen LogP contribution >= 0.6 is 0 Å². The second-order valence-corrected chi connectivity index (χ2v) is 11.8. The fraction of sp³-hybridized carbons (Fsp3) is 0.0750. The summed E-state index contributed by atoms with van der Waals surface area (Å²) in [4.78, 5) is 52.1. The number of anilines is 1. The van der Waals surface area contributed by atoms with E-state index in [9.17, 15) is 19.5 Å². The van der Waals surface area contributed by atoms with Gasteiger partial charge in [-0.25, -0.2) is 9.69 Å². The Bertz CT molecular complexity index is 2260. The maximum absolute atomic E-state index is 13.2. The predicted octanol–water partition coefficient (Wildman–Crippen LogP) is 6.89. The molecular weight excluding hydrogens is 628 g/mol. The van der Waals surface area contributed by atoms with E-state index in [0.717, 1.165) is 27.2 Å². The van der Waals surface area contributed by atoms with Gasteiger partial charge in [0.05, 0.1) is 29.5 Å². The Morgan fingerprint density at radius 1 is 0.900 bits per heavy atom. The van der Waals surface area contributed by atoms with Crippen LogP contribution in [0.25, 0.3) is 17.0 Å². The van der Waals surface area contributed by atoms with Crippen molar-refractivity contribution >= 4 is 46.2 Å². The number of hydrogen-bond donors (Lipinski definition) is 4. The van der Waals surface area contributed by atoms with Gasteiger partial charge in [-0.2, -0.15) is 0 Å². The van der Waals surface area contributed by atoms with Crippen molar-refractivity contribution < 1.29 is 19.5 Å². The smallest absolute Gasteiger partial charge is 0.333 e. The number of nitrogens with zero attached hydrogens (tertiary/aromatic N) is 3. The summed E-state index contributed by atoms with van der Waals surface area (Å²) in [5.74, 6) is -0.749. The van der Waals surface area contributed by atoms with Gasteiger partial charge in [0.2, 0.25) is 0 Å². The second kappa shape index (κ2) is 13.7. The lowest BCUT2D eigenvalue weighted by molar-refractivity contribution is -0.113. The van der Waals surface area contributed by atoms with Crippen molar-refractivity contribution in [2.45, 2.75) is 19.5 Å². The third kappa shape index (κ3) is 6.50. The molecule has 10 heteroatoms. The molecule has 1 aliphatic heterocycles. The average molecular weight is 661 g/mol. The Labute approximate surface area is 287 Å². The van der Waals surface area contributed by atoms with Gasteiger partial charge >= 0.3 is 6.03 Å². The predicted molar refractivity (Wildman–Crippen MR) is 193 cm³/mol. The van der Waals surface area contributed by atoms with Gasteiger partial charge < -0.3 is 20.7 Å². The van der Waals surface area contributed by atoms with Crippen LogP contribution in [-0.4, -0.2) is 38.6 Å². The molecule has 0 radical (unpaired) electrons. The van der Waals surface area contributed by atoms with E-state index < -0.39 is 11.9 Å². The first-order valence-electron chi connectivity index (χ1n) is 16.0. The molecule has 0 bridgehead atoms. The summed E-state index contributed by atoms with van der Waals surface area (Å²) in [5, 5.41) is 17.6. The Morgan fingerprint density at radius 2 is 1.60 bits per heavy atom. The Kier molecular flexibility index (Phi) is 8.73. The number of hydrogen-bond acceptors (Lipinski definition) is 6. The first-order valence-corrected chi connectivity index (χ1v) is 16.0.